The van der Waals surface area contributed by atoms with E-state index < -0.39 is 16.6 Å². The molecule has 1 aliphatic rings. The van der Waals surface area contributed by atoms with E-state index in [2.05, 4.69) is 133 Å². The molecule has 1 aliphatic heterocycles. The molecule has 0 saturated carbocycles. The van der Waals surface area contributed by atoms with Gasteiger partial charge in [-0.1, -0.05) is 114 Å². The Morgan fingerprint density at radius 3 is 1.95 bits per heavy atom. The summed E-state index contributed by atoms with van der Waals surface area (Å²) in [6, 6.07) is 22.5. The lowest BCUT2D eigenvalue weighted by Crippen LogP contribution is -2.66. The van der Waals surface area contributed by atoms with Crippen LogP contribution in [0, 0.1) is 0 Å². The lowest BCUT2D eigenvalue weighted by molar-refractivity contribution is 0.171. The molecule has 0 N–H and O–H groups in total. The molecule has 2 aromatic carbocycles. The Kier molecular flexibility index (Phi) is 11.0. The molecule has 3 rings (SSSR count). The number of hydrogen-bond acceptors (Lipinski definition) is 3. The molecule has 0 aromatic heterocycles. The molecule has 216 valence electrons. The summed E-state index contributed by atoms with van der Waals surface area (Å²) >= 11 is 0. The summed E-state index contributed by atoms with van der Waals surface area (Å²) in [6.45, 7) is 25.0. The third-order valence-electron chi connectivity index (χ3n) is 8.97. The van der Waals surface area contributed by atoms with Crippen LogP contribution in [0.15, 0.2) is 72.3 Å². The van der Waals surface area contributed by atoms with Gasteiger partial charge >= 0.3 is 0 Å². The van der Waals surface area contributed by atoms with Crippen LogP contribution < -0.4 is 10.4 Å². The molecule has 0 spiro atoms. The zero-order chi connectivity index (χ0) is 28.7. The summed E-state index contributed by atoms with van der Waals surface area (Å²) < 4.78 is 13.7. The van der Waals surface area contributed by atoms with Gasteiger partial charge in [-0.3, -0.25) is 4.90 Å². The minimum atomic E-state index is -2.44. The molecule has 0 bridgehead atoms. The van der Waals surface area contributed by atoms with Gasteiger partial charge < -0.3 is 8.85 Å². The van der Waals surface area contributed by atoms with E-state index in [1.165, 1.54) is 35.3 Å². The lowest BCUT2D eigenvalue weighted by atomic mass is 10.2. The second-order valence-corrected chi connectivity index (χ2v) is 23.2. The molecule has 1 saturated heterocycles. The van der Waals surface area contributed by atoms with Gasteiger partial charge in [-0.25, -0.2) is 0 Å². The highest BCUT2D eigenvalue weighted by Gasteiger charge is 2.50. The average Bonchev–Trinajstić information content (AvgIpc) is 3.31. The molecule has 0 aliphatic carbocycles. The predicted molar refractivity (Wildman–Crippen MR) is 174 cm³/mol. The third kappa shape index (κ3) is 8.04. The van der Waals surface area contributed by atoms with Gasteiger partial charge in [-0.15, -0.1) is 0 Å². The van der Waals surface area contributed by atoms with Gasteiger partial charge in [0.15, 0.2) is 8.32 Å². The van der Waals surface area contributed by atoms with Crippen molar-refractivity contribution in [1.29, 1.82) is 0 Å². The van der Waals surface area contributed by atoms with Crippen molar-refractivity contribution >= 4 is 27.0 Å². The van der Waals surface area contributed by atoms with Gasteiger partial charge in [0.2, 0.25) is 0 Å². The van der Waals surface area contributed by atoms with Crippen molar-refractivity contribution in [2.24, 2.45) is 0 Å². The Bertz CT molecular complexity index is 999. The van der Waals surface area contributed by atoms with Crippen LogP contribution in [0.1, 0.15) is 74.1 Å². The number of unbranched alkanes of at least 4 members (excludes halogenated alkanes) is 1. The van der Waals surface area contributed by atoms with E-state index in [0.717, 1.165) is 32.6 Å². The first-order chi connectivity index (χ1) is 18.3. The third-order valence-corrected chi connectivity index (χ3v) is 18.5. The second kappa shape index (κ2) is 13.4. The fraction of sp³-hybridized carbons (Fsp3) is 0.588. The van der Waals surface area contributed by atoms with Gasteiger partial charge in [-0.05, 0) is 72.7 Å². The zero-order valence-corrected chi connectivity index (χ0v) is 28.3. The summed E-state index contributed by atoms with van der Waals surface area (Å²) in [7, 11) is -4.15. The standard InChI is InChI=1S/C34H55NO2Si2/c1-29(27-35-25-18-20-30(35)28-37-38(8,9)33(2,3)4)19-16-17-26-36-39(34(5,6)7,31-21-12-10-13-22-31)32-23-14-11-15-24-32/h10-15,19,21-24,30H,16-18,20,25-28H2,1-9H3/b29-19+/t30-/m0/s1. The van der Waals surface area contributed by atoms with Crippen molar-refractivity contribution in [3.05, 3.63) is 72.3 Å². The SMILES string of the molecule is C/C(=C\CCCO[Si](c1ccccc1)(c1ccccc1)C(C)(C)C)CN1CCC[C@H]1CO[Si](C)(C)C(C)(C)C. The number of likely N-dealkylation sites (tertiary alicyclic amines) is 1. The summed E-state index contributed by atoms with van der Waals surface area (Å²) in [5.74, 6) is 0. The van der Waals surface area contributed by atoms with E-state index in [-0.39, 0.29) is 10.1 Å². The molecule has 1 fully saturated rings. The van der Waals surface area contributed by atoms with Crippen molar-refractivity contribution in [2.75, 3.05) is 26.3 Å². The highest BCUT2D eigenvalue weighted by Crippen LogP contribution is 2.38. The normalized spacial score (nSPS) is 18.1. The molecule has 0 amide bonds. The molecule has 1 heterocycles. The van der Waals surface area contributed by atoms with E-state index in [0.29, 0.717) is 6.04 Å². The molecule has 5 heteroatoms. The topological polar surface area (TPSA) is 21.7 Å². The van der Waals surface area contributed by atoms with Crippen LogP contribution in [0.4, 0.5) is 0 Å². The summed E-state index contributed by atoms with van der Waals surface area (Å²) in [4.78, 5) is 2.65. The molecule has 0 radical (unpaired) electrons. The van der Waals surface area contributed by atoms with Gasteiger partial charge in [0.1, 0.15) is 0 Å². The van der Waals surface area contributed by atoms with Gasteiger partial charge in [0.05, 0.1) is 0 Å². The molecule has 0 unspecified atom stereocenters. The van der Waals surface area contributed by atoms with Crippen molar-refractivity contribution in [1.82, 2.24) is 4.90 Å². The molecule has 2 aromatic rings. The summed E-state index contributed by atoms with van der Waals surface area (Å²) in [5.41, 5.74) is 1.47. The van der Waals surface area contributed by atoms with Crippen LogP contribution in [0.5, 0.6) is 0 Å². The van der Waals surface area contributed by atoms with Gasteiger partial charge in [0.25, 0.3) is 8.32 Å². The Hall–Kier alpha value is -1.51. The van der Waals surface area contributed by atoms with Crippen LogP contribution in [0.25, 0.3) is 0 Å². The van der Waals surface area contributed by atoms with Crippen molar-refractivity contribution < 1.29 is 8.85 Å². The van der Waals surface area contributed by atoms with Gasteiger partial charge in [-0.2, -0.15) is 0 Å². The second-order valence-electron chi connectivity index (χ2n) is 14.0. The van der Waals surface area contributed by atoms with Crippen molar-refractivity contribution in [3.63, 3.8) is 0 Å². The number of benzene rings is 2. The minimum Gasteiger partial charge on any atom is -0.415 e. The Morgan fingerprint density at radius 2 is 1.44 bits per heavy atom. The van der Waals surface area contributed by atoms with E-state index in [4.69, 9.17) is 8.85 Å². The number of hydrogen-bond donors (Lipinski definition) is 0. The molecular weight excluding hydrogens is 511 g/mol. The molecule has 3 nitrogen and oxygen atoms in total. The summed E-state index contributed by atoms with van der Waals surface area (Å²) in [5, 5.41) is 3.01. The predicted octanol–water partition coefficient (Wildman–Crippen LogP) is 7.78. The molecule has 1 atom stereocenters. The minimum absolute atomic E-state index is 0.0265. The number of allylic oxidation sites excluding steroid dienone is 1. The fourth-order valence-electron chi connectivity index (χ4n) is 5.62. The van der Waals surface area contributed by atoms with E-state index >= 15 is 0 Å². The quantitative estimate of drug-likeness (QED) is 0.149. The first-order valence-corrected chi connectivity index (χ1v) is 19.9. The maximum Gasteiger partial charge on any atom is 0.261 e. The highest BCUT2D eigenvalue weighted by atomic mass is 28.4. The maximum absolute atomic E-state index is 7.08. The van der Waals surface area contributed by atoms with E-state index in [9.17, 15) is 0 Å². The first-order valence-electron chi connectivity index (χ1n) is 15.1. The number of nitrogens with zero attached hydrogens (tertiary/aromatic N) is 1. The molecule has 39 heavy (non-hydrogen) atoms. The van der Waals surface area contributed by atoms with Crippen LogP contribution in [0.3, 0.4) is 0 Å². The monoisotopic (exact) mass is 565 g/mol. The zero-order valence-electron chi connectivity index (χ0n) is 26.3. The van der Waals surface area contributed by atoms with Crippen LogP contribution in [0.2, 0.25) is 23.2 Å². The Balaban J connectivity index is 1.60. The fourth-order valence-corrected chi connectivity index (χ4v) is 11.3. The van der Waals surface area contributed by atoms with Crippen LogP contribution in [-0.2, 0) is 8.85 Å². The Labute approximate surface area is 242 Å². The first kappa shape index (κ1) is 32.0. The average molecular weight is 566 g/mol. The lowest BCUT2D eigenvalue weighted by Gasteiger charge is -2.43. The largest absolute Gasteiger partial charge is 0.415 e. The van der Waals surface area contributed by atoms with Gasteiger partial charge in [0, 0.05) is 25.8 Å². The smallest absolute Gasteiger partial charge is 0.261 e. The number of rotatable bonds is 12. The van der Waals surface area contributed by atoms with Crippen LogP contribution in [-0.4, -0.2) is 53.9 Å². The van der Waals surface area contributed by atoms with Crippen molar-refractivity contribution in [2.45, 2.75) is 103 Å². The van der Waals surface area contributed by atoms with E-state index in [1.54, 1.807) is 0 Å². The maximum atomic E-state index is 7.08. The highest BCUT2D eigenvalue weighted by molar-refractivity contribution is 6.99. The van der Waals surface area contributed by atoms with E-state index in [1.807, 2.05) is 0 Å². The summed E-state index contributed by atoms with van der Waals surface area (Å²) in [6.07, 6.45) is 7.08. The van der Waals surface area contributed by atoms with Crippen molar-refractivity contribution in [3.8, 4) is 0 Å². The Morgan fingerprint density at radius 1 is 0.872 bits per heavy atom. The van der Waals surface area contributed by atoms with Crippen LogP contribution >= 0.6 is 0 Å². The molecular formula is C34H55NO2Si2.